The lowest BCUT2D eigenvalue weighted by atomic mass is 10.1. The lowest BCUT2D eigenvalue weighted by Gasteiger charge is -2.15. The van der Waals surface area contributed by atoms with Gasteiger partial charge in [-0.05, 0) is 29.7 Å². The van der Waals surface area contributed by atoms with Crippen molar-refractivity contribution >= 4 is 17.7 Å². The van der Waals surface area contributed by atoms with E-state index in [2.05, 4.69) is 4.98 Å². The monoisotopic (exact) mass is 239 g/mol. The highest BCUT2D eigenvalue weighted by atomic mass is 32.2. The van der Waals surface area contributed by atoms with Crippen molar-refractivity contribution in [2.45, 2.75) is 25.5 Å². The largest absolute Gasteiger partial charge is 0.480 e. The van der Waals surface area contributed by atoms with E-state index in [1.807, 2.05) is 32.2 Å². The average molecular weight is 239 g/mol. The fourth-order valence-electron chi connectivity index (χ4n) is 1.40. The number of pyridine rings is 1. The first kappa shape index (κ1) is 13.0. The van der Waals surface area contributed by atoms with Gasteiger partial charge < -0.3 is 5.11 Å². The minimum atomic E-state index is -0.716. The quantitative estimate of drug-likeness (QED) is 0.828. The van der Waals surface area contributed by atoms with Crippen molar-refractivity contribution in [2.75, 3.05) is 5.75 Å². The molecule has 3 nitrogen and oxygen atoms in total. The molecule has 1 aromatic rings. The van der Waals surface area contributed by atoms with Crippen molar-refractivity contribution in [1.29, 1.82) is 0 Å². The first-order chi connectivity index (χ1) is 7.61. The Morgan fingerprint density at radius 2 is 2.31 bits per heavy atom. The predicted octanol–water partition coefficient (Wildman–Crippen LogP) is 2.47. The highest BCUT2D eigenvalue weighted by Gasteiger charge is 2.21. The second-order valence-corrected chi connectivity index (χ2v) is 5.23. The van der Waals surface area contributed by atoms with Crippen LogP contribution in [0.25, 0.3) is 0 Å². The maximum Gasteiger partial charge on any atom is 0.316 e. The molecule has 1 heterocycles. The van der Waals surface area contributed by atoms with E-state index in [1.54, 1.807) is 6.20 Å². The van der Waals surface area contributed by atoms with Gasteiger partial charge in [0.2, 0.25) is 0 Å². The Balaban J connectivity index is 2.37. The number of carboxylic acid groups (broad SMARTS) is 1. The molecule has 1 atom stereocenters. The van der Waals surface area contributed by atoms with Gasteiger partial charge in [-0.15, -0.1) is 11.8 Å². The molecule has 0 amide bonds. The Labute approximate surface area is 100 Å². The fourth-order valence-corrected chi connectivity index (χ4v) is 2.53. The van der Waals surface area contributed by atoms with Gasteiger partial charge in [0, 0.05) is 12.4 Å². The molecule has 0 saturated carbocycles. The van der Waals surface area contributed by atoms with Crippen LogP contribution in [0, 0.1) is 5.92 Å². The molecule has 1 aromatic heterocycles. The van der Waals surface area contributed by atoms with Gasteiger partial charge in [-0.3, -0.25) is 9.78 Å². The Morgan fingerprint density at radius 1 is 1.56 bits per heavy atom. The van der Waals surface area contributed by atoms with Crippen LogP contribution in [0.1, 0.15) is 19.4 Å². The number of aliphatic carboxylic acids is 1. The average Bonchev–Trinajstić information content (AvgIpc) is 2.24. The number of carboxylic acids is 1. The molecule has 16 heavy (non-hydrogen) atoms. The highest BCUT2D eigenvalue weighted by Crippen LogP contribution is 2.20. The SMILES string of the molecule is CC(C)C(SCCc1cccnc1)C(=O)O. The number of rotatable bonds is 6. The van der Waals surface area contributed by atoms with Crippen LogP contribution >= 0.6 is 11.8 Å². The van der Waals surface area contributed by atoms with Crippen molar-refractivity contribution < 1.29 is 9.90 Å². The maximum atomic E-state index is 11.0. The van der Waals surface area contributed by atoms with Crippen LogP contribution in [-0.2, 0) is 11.2 Å². The van der Waals surface area contributed by atoms with E-state index in [0.717, 1.165) is 17.7 Å². The molecule has 1 N–H and O–H groups in total. The summed E-state index contributed by atoms with van der Waals surface area (Å²) in [5.41, 5.74) is 1.16. The van der Waals surface area contributed by atoms with Crippen LogP contribution in [0.3, 0.4) is 0 Å². The summed E-state index contributed by atoms with van der Waals surface area (Å²) >= 11 is 1.51. The second-order valence-electron chi connectivity index (χ2n) is 3.98. The van der Waals surface area contributed by atoms with Gasteiger partial charge >= 0.3 is 5.97 Å². The van der Waals surface area contributed by atoms with Crippen molar-refractivity contribution in [3.63, 3.8) is 0 Å². The highest BCUT2D eigenvalue weighted by molar-refractivity contribution is 8.00. The minimum absolute atomic E-state index is 0.163. The second kappa shape index (κ2) is 6.53. The Morgan fingerprint density at radius 3 is 2.81 bits per heavy atom. The van der Waals surface area contributed by atoms with Crippen molar-refractivity contribution in [3.05, 3.63) is 30.1 Å². The zero-order valence-corrected chi connectivity index (χ0v) is 10.4. The molecule has 0 aromatic carbocycles. The topological polar surface area (TPSA) is 50.2 Å². The molecule has 0 spiro atoms. The molecule has 88 valence electrons. The number of thioether (sulfide) groups is 1. The molecule has 4 heteroatoms. The van der Waals surface area contributed by atoms with Crippen LogP contribution in [0.2, 0.25) is 0 Å². The van der Waals surface area contributed by atoms with Crippen LogP contribution in [0.15, 0.2) is 24.5 Å². The molecule has 0 aliphatic rings. The standard InChI is InChI=1S/C12H17NO2S/c1-9(2)11(12(14)15)16-7-5-10-4-3-6-13-8-10/h3-4,6,8-9,11H,5,7H2,1-2H3,(H,14,15). The number of hydrogen-bond acceptors (Lipinski definition) is 3. The summed E-state index contributed by atoms with van der Waals surface area (Å²) in [6.45, 7) is 3.88. The molecule has 0 saturated heterocycles. The zero-order valence-electron chi connectivity index (χ0n) is 9.59. The molecular weight excluding hydrogens is 222 g/mol. The predicted molar refractivity (Wildman–Crippen MR) is 66.7 cm³/mol. The molecule has 0 bridgehead atoms. The van der Waals surface area contributed by atoms with E-state index in [0.29, 0.717) is 0 Å². The van der Waals surface area contributed by atoms with E-state index in [1.165, 1.54) is 11.8 Å². The van der Waals surface area contributed by atoms with Crippen LogP contribution < -0.4 is 0 Å². The first-order valence-corrected chi connectivity index (χ1v) is 6.39. The Kier molecular flexibility index (Phi) is 5.32. The summed E-state index contributed by atoms with van der Waals surface area (Å²) in [5, 5.41) is 8.70. The van der Waals surface area contributed by atoms with Crippen LogP contribution in [-0.4, -0.2) is 27.1 Å². The van der Waals surface area contributed by atoms with Gasteiger partial charge in [-0.2, -0.15) is 0 Å². The number of aryl methyl sites for hydroxylation is 1. The molecule has 0 radical (unpaired) electrons. The van der Waals surface area contributed by atoms with Gasteiger partial charge in [0.15, 0.2) is 0 Å². The van der Waals surface area contributed by atoms with E-state index in [-0.39, 0.29) is 11.2 Å². The lowest BCUT2D eigenvalue weighted by molar-refractivity contribution is -0.137. The summed E-state index contributed by atoms with van der Waals surface area (Å²) in [6, 6.07) is 3.91. The normalized spacial score (nSPS) is 12.7. The summed E-state index contributed by atoms with van der Waals surface area (Å²) in [6.07, 6.45) is 4.44. The summed E-state index contributed by atoms with van der Waals surface area (Å²) in [4.78, 5) is 15.0. The molecular formula is C12H17NO2S. The van der Waals surface area contributed by atoms with Crippen LogP contribution in [0.4, 0.5) is 0 Å². The molecule has 1 unspecified atom stereocenters. The number of nitrogens with zero attached hydrogens (tertiary/aromatic N) is 1. The van der Waals surface area contributed by atoms with Gasteiger partial charge in [-0.25, -0.2) is 0 Å². The summed E-state index contributed by atoms with van der Waals surface area (Å²) in [7, 11) is 0. The van der Waals surface area contributed by atoms with Gasteiger partial charge in [-0.1, -0.05) is 19.9 Å². The number of carbonyl (C=O) groups is 1. The van der Waals surface area contributed by atoms with Gasteiger partial charge in [0.25, 0.3) is 0 Å². The Bertz CT molecular complexity index is 327. The van der Waals surface area contributed by atoms with E-state index in [4.69, 9.17) is 5.11 Å². The molecule has 0 aliphatic carbocycles. The minimum Gasteiger partial charge on any atom is -0.480 e. The van der Waals surface area contributed by atoms with E-state index in [9.17, 15) is 4.79 Å². The summed E-state index contributed by atoms with van der Waals surface area (Å²) in [5.74, 6) is 0.267. The van der Waals surface area contributed by atoms with Crippen LogP contribution in [0.5, 0.6) is 0 Å². The van der Waals surface area contributed by atoms with Crippen molar-refractivity contribution in [2.24, 2.45) is 5.92 Å². The van der Waals surface area contributed by atoms with Crippen molar-refractivity contribution in [3.8, 4) is 0 Å². The number of hydrogen-bond donors (Lipinski definition) is 1. The fraction of sp³-hybridized carbons (Fsp3) is 0.500. The third kappa shape index (κ3) is 4.23. The third-order valence-corrected chi connectivity index (χ3v) is 3.80. The van der Waals surface area contributed by atoms with Gasteiger partial charge in [0.05, 0.1) is 0 Å². The molecule has 1 rings (SSSR count). The third-order valence-electron chi connectivity index (χ3n) is 2.26. The number of aromatic nitrogens is 1. The van der Waals surface area contributed by atoms with Gasteiger partial charge in [0.1, 0.15) is 5.25 Å². The molecule has 0 aliphatic heterocycles. The first-order valence-electron chi connectivity index (χ1n) is 5.34. The zero-order chi connectivity index (χ0) is 12.0. The van der Waals surface area contributed by atoms with E-state index < -0.39 is 5.97 Å². The summed E-state index contributed by atoms with van der Waals surface area (Å²) < 4.78 is 0. The molecule has 0 fully saturated rings. The smallest absolute Gasteiger partial charge is 0.316 e. The Hall–Kier alpha value is -1.03. The van der Waals surface area contributed by atoms with Crippen molar-refractivity contribution in [1.82, 2.24) is 4.98 Å². The lowest BCUT2D eigenvalue weighted by Crippen LogP contribution is -2.23. The van der Waals surface area contributed by atoms with E-state index >= 15 is 0 Å². The maximum absolute atomic E-state index is 11.0.